The average Bonchev–Trinajstić information content (AvgIpc) is 3.44. The maximum atomic E-state index is 11.0. The number of imidazole rings is 1. The van der Waals surface area contributed by atoms with Crippen LogP contribution in [-0.2, 0) is 0 Å². The van der Waals surface area contributed by atoms with Crippen molar-refractivity contribution in [1.29, 1.82) is 0 Å². The third-order valence-corrected chi connectivity index (χ3v) is 8.47. The Balaban J connectivity index is 1.51. The number of benzene rings is 5. The summed E-state index contributed by atoms with van der Waals surface area (Å²) < 4.78 is 2.36. The van der Waals surface area contributed by atoms with Crippen LogP contribution >= 0.6 is 0 Å². The standard InChI is InChI=1S/C40H35N3O/c1-25(2)29-17-10-18-30(26(3)4)39(29)43-35-22-11-19-32(38(35)42-40(43)28-14-6-5-7-15-28)33-20-12-21-34(41-33)37-31-16-9-8-13-27(31)23-24-36(37)44/h5-26,44H,1-4H3. The molecule has 0 spiro atoms. The summed E-state index contributed by atoms with van der Waals surface area (Å²) in [6.45, 7) is 9.03. The summed E-state index contributed by atoms with van der Waals surface area (Å²) in [6.07, 6.45) is 0. The first kappa shape index (κ1) is 27.6. The Morgan fingerprint density at radius 3 is 2.00 bits per heavy atom. The molecule has 4 nitrogen and oxygen atoms in total. The third kappa shape index (κ3) is 4.64. The fraction of sp³-hybridized carbons (Fsp3) is 0.150. The minimum Gasteiger partial charge on any atom is -0.507 e. The van der Waals surface area contributed by atoms with E-state index in [9.17, 15) is 5.11 Å². The fourth-order valence-corrected chi connectivity index (χ4v) is 6.34. The predicted octanol–water partition coefficient (Wildman–Crippen LogP) is 10.5. The van der Waals surface area contributed by atoms with Crippen molar-refractivity contribution in [3.05, 3.63) is 132 Å². The molecule has 0 aliphatic rings. The third-order valence-electron chi connectivity index (χ3n) is 8.47. The second-order valence-corrected chi connectivity index (χ2v) is 12.0. The van der Waals surface area contributed by atoms with Crippen molar-refractivity contribution in [3.8, 4) is 45.3 Å². The number of aromatic hydroxyl groups is 1. The van der Waals surface area contributed by atoms with Gasteiger partial charge in [0.1, 0.15) is 11.6 Å². The number of nitrogens with zero attached hydrogens (tertiary/aromatic N) is 3. The normalized spacial score (nSPS) is 11.7. The van der Waals surface area contributed by atoms with Crippen molar-refractivity contribution in [1.82, 2.24) is 14.5 Å². The lowest BCUT2D eigenvalue weighted by molar-refractivity contribution is 0.478. The SMILES string of the molecule is CC(C)c1cccc(C(C)C)c1-n1c(-c2ccccc2)nc2c(-c3cccc(-c4c(O)ccc5ccccc45)n3)cccc21. The molecule has 0 atom stereocenters. The molecule has 0 saturated carbocycles. The first-order chi connectivity index (χ1) is 21.4. The highest BCUT2D eigenvalue weighted by Crippen LogP contribution is 2.40. The maximum Gasteiger partial charge on any atom is 0.145 e. The molecule has 0 fully saturated rings. The Bertz CT molecular complexity index is 2110. The molecular weight excluding hydrogens is 538 g/mol. The van der Waals surface area contributed by atoms with Crippen LogP contribution in [0.2, 0.25) is 0 Å². The van der Waals surface area contributed by atoms with Gasteiger partial charge in [0, 0.05) is 16.7 Å². The highest BCUT2D eigenvalue weighted by molar-refractivity contribution is 6.00. The van der Waals surface area contributed by atoms with E-state index in [1.54, 1.807) is 6.07 Å². The minimum atomic E-state index is 0.216. The Morgan fingerprint density at radius 1 is 0.591 bits per heavy atom. The molecule has 2 heterocycles. The summed E-state index contributed by atoms with van der Waals surface area (Å²) in [4.78, 5) is 10.5. The van der Waals surface area contributed by atoms with E-state index in [4.69, 9.17) is 9.97 Å². The second-order valence-electron chi connectivity index (χ2n) is 12.0. The number of phenols is 1. The van der Waals surface area contributed by atoms with Crippen molar-refractivity contribution >= 4 is 21.8 Å². The number of pyridine rings is 1. The summed E-state index contributed by atoms with van der Waals surface area (Å²) in [7, 11) is 0. The highest BCUT2D eigenvalue weighted by Gasteiger charge is 2.24. The number of phenolic OH excluding ortho intramolecular Hbond substituents is 1. The lowest BCUT2D eigenvalue weighted by Crippen LogP contribution is -2.08. The van der Waals surface area contributed by atoms with Gasteiger partial charge in [-0.05, 0) is 58.0 Å². The molecule has 216 valence electrons. The van der Waals surface area contributed by atoms with Crippen LogP contribution in [0, 0.1) is 0 Å². The smallest absolute Gasteiger partial charge is 0.145 e. The Morgan fingerprint density at radius 2 is 1.25 bits per heavy atom. The zero-order valence-corrected chi connectivity index (χ0v) is 25.5. The molecule has 2 aromatic heterocycles. The van der Waals surface area contributed by atoms with Crippen molar-refractivity contribution in [2.24, 2.45) is 0 Å². The van der Waals surface area contributed by atoms with Gasteiger partial charge in [-0.2, -0.15) is 0 Å². The lowest BCUT2D eigenvalue weighted by atomic mass is 9.92. The molecule has 0 aliphatic heterocycles. The molecule has 7 aromatic rings. The van der Waals surface area contributed by atoms with Crippen LogP contribution in [-0.4, -0.2) is 19.6 Å². The number of rotatable bonds is 6. The van der Waals surface area contributed by atoms with Gasteiger partial charge >= 0.3 is 0 Å². The van der Waals surface area contributed by atoms with Crippen LogP contribution < -0.4 is 0 Å². The molecule has 4 heteroatoms. The number of aromatic nitrogens is 3. The van der Waals surface area contributed by atoms with Crippen molar-refractivity contribution in [3.63, 3.8) is 0 Å². The molecular formula is C40H35N3O. The topological polar surface area (TPSA) is 50.9 Å². The van der Waals surface area contributed by atoms with E-state index in [0.29, 0.717) is 11.8 Å². The van der Waals surface area contributed by atoms with Gasteiger partial charge in [-0.25, -0.2) is 9.97 Å². The average molecular weight is 574 g/mol. The van der Waals surface area contributed by atoms with E-state index in [1.165, 1.54) is 16.8 Å². The van der Waals surface area contributed by atoms with Crippen LogP contribution in [0.5, 0.6) is 5.75 Å². The highest BCUT2D eigenvalue weighted by atomic mass is 16.3. The summed E-state index contributed by atoms with van der Waals surface area (Å²) in [5.74, 6) is 1.79. The number of para-hydroxylation sites is 2. The van der Waals surface area contributed by atoms with Crippen LogP contribution in [0.4, 0.5) is 0 Å². The molecule has 0 aliphatic carbocycles. The van der Waals surface area contributed by atoms with E-state index in [1.807, 2.05) is 48.5 Å². The fourth-order valence-electron chi connectivity index (χ4n) is 6.34. The summed E-state index contributed by atoms with van der Waals surface area (Å²) >= 11 is 0. The van der Waals surface area contributed by atoms with Crippen LogP contribution in [0.3, 0.4) is 0 Å². The zero-order chi connectivity index (χ0) is 30.4. The molecule has 5 aromatic carbocycles. The second kappa shape index (κ2) is 11.1. The summed E-state index contributed by atoms with van der Waals surface area (Å²) in [6, 6.07) is 41.3. The Hall–Kier alpha value is -5.22. The van der Waals surface area contributed by atoms with Gasteiger partial charge < -0.3 is 5.11 Å². The monoisotopic (exact) mass is 573 g/mol. The van der Waals surface area contributed by atoms with Crippen molar-refractivity contribution in [2.75, 3.05) is 0 Å². The van der Waals surface area contributed by atoms with Crippen LogP contribution in [0.1, 0.15) is 50.7 Å². The first-order valence-corrected chi connectivity index (χ1v) is 15.3. The zero-order valence-electron chi connectivity index (χ0n) is 25.5. The largest absolute Gasteiger partial charge is 0.507 e. The van der Waals surface area contributed by atoms with Gasteiger partial charge in [-0.3, -0.25) is 4.57 Å². The van der Waals surface area contributed by atoms with Gasteiger partial charge in [0.25, 0.3) is 0 Å². The number of hydrogen-bond acceptors (Lipinski definition) is 3. The maximum absolute atomic E-state index is 11.0. The predicted molar refractivity (Wildman–Crippen MR) is 183 cm³/mol. The molecule has 7 rings (SSSR count). The Kier molecular flexibility index (Phi) is 6.98. The lowest BCUT2D eigenvalue weighted by Gasteiger charge is -2.22. The quantitative estimate of drug-likeness (QED) is 0.215. The van der Waals surface area contributed by atoms with Crippen molar-refractivity contribution in [2.45, 2.75) is 39.5 Å². The van der Waals surface area contributed by atoms with Gasteiger partial charge in [0.05, 0.1) is 28.1 Å². The van der Waals surface area contributed by atoms with Crippen LogP contribution in [0.25, 0.3) is 61.4 Å². The molecule has 0 amide bonds. The van der Waals surface area contributed by atoms with Crippen LogP contribution in [0.15, 0.2) is 121 Å². The van der Waals surface area contributed by atoms with Crippen molar-refractivity contribution < 1.29 is 5.11 Å². The summed E-state index contributed by atoms with van der Waals surface area (Å²) in [5, 5.41) is 13.0. The van der Waals surface area contributed by atoms with E-state index in [0.717, 1.165) is 55.7 Å². The molecule has 0 saturated heterocycles. The van der Waals surface area contributed by atoms with Gasteiger partial charge in [-0.1, -0.05) is 125 Å². The molecule has 1 N–H and O–H groups in total. The minimum absolute atomic E-state index is 0.216. The van der Waals surface area contributed by atoms with Gasteiger partial charge in [-0.15, -0.1) is 0 Å². The van der Waals surface area contributed by atoms with Gasteiger partial charge in [0.15, 0.2) is 0 Å². The molecule has 0 bridgehead atoms. The van der Waals surface area contributed by atoms with E-state index >= 15 is 0 Å². The van der Waals surface area contributed by atoms with E-state index < -0.39 is 0 Å². The van der Waals surface area contributed by atoms with E-state index in [2.05, 4.69) is 99.0 Å². The number of fused-ring (bicyclic) bond motifs is 2. The molecule has 0 unspecified atom stereocenters. The first-order valence-electron chi connectivity index (χ1n) is 15.3. The molecule has 0 radical (unpaired) electrons. The number of hydrogen-bond donors (Lipinski definition) is 1. The van der Waals surface area contributed by atoms with Gasteiger partial charge in [0.2, 0.25) is 0 Å². The summed E-state index contributed by atoms with van der Waals surface area (Å²) in [5.41, 5.74) is 10.0. The van der Waals surface area contributed by atoms with E-state index in [-0.39, 0.29) is 5.75 Å². The Labute approximate surface area is 258 Å². The molecule has 44 heavy (non-hydrogen) atoms.